The molecule has 1 unspecified atom stereocenters. The Kier molecular flexibility index (Phi) is 4.04. The third kappa shape index (κ3) is 3.71. The first-order valence-corrected chi connectivity index (χ1v) is 7.47. The lowest BCUT2D eigenvalue weighted by Gasteiger charge is -2.18. The topological polar surface area (TPSA) is 41.5 Å². The van der Waals surface area contributed by atoms with Crippen molar-refractivity contribution in [3.8, 4) is 5.75 Å². The molecule has 1 atom stereocenters. The zero-order valence-electron chi connectivity index (χ0n) is 11.4. The van der Waals surface area contributed by atoms with E-state index in [0.717, 1.165) is 5.75 Å². The number of hydrogen-bond acceptors (Lipinski definition) is 3. The molecule has 0 aromatic heterocycles. The van der Waals surface area contributed by atoms with Crippen molar-refractivity contribution in [3.05, 3.63) is 29.3 Å². The third-order valence-corrected chi connectivity index (χ3v) is 3.98. The second-order valence-electron chi connectivity index (χ2n) is 5.78. The summed E-state index contributed by atoms with van der Waals surface area (Å²) < 4.78 is 5.70. The highest BCUT2D eigenvalue weighted by atomic mass is 16.5. The van der Waals surface area contributed by atoms with E-state index in [-0.39, 0.29) is 0 Å². The molecule has 0 aliphatic heterocycles. The number of nitrogens with one attached hydrogen (secondary N) is 1. The van der Waals surface area contributed by atoms with Gasteiger partial charge in [-0.05, 0) is 61.8 Å². The van der Waals surface area contributed by atoms with Crippen LogP contribution in [-0.4, -0.2) is 30.4 Å². The first-order valence-electron chi connectivity index (χ1n) is 7.47. The van der Waals surface area contributed by atoms with Crippen LogP contribution in [0, 0.1) is 0 Å². The van der Waals surface area contributed by atoms with E-state index < -0.39 is 6.10 Å². The van der Waals surface area contributed by atoms with Crippen molar-refractivity contribution in [1.29, 1.82) is 0 Å². The summed E-state index contributed by atoms with van der Waals surface area (Å²) in [6.07, 6.45) is 7.03. The van der Waals surface area contributed by atoms with Crippen LogP contribution >= 0.6 is 0 Å². The van der Waals surface area contributed by atoms with E-state index in [1.54, 1.807) is 0 Å². The molecule has 0 spiro atoms. The van der Waals surface area contributed by atoms with Gasteiger partial charge in [0.25, 0.3) is 0 Å². The normalized spacial score (nSPS) is 19.8. The van der Waals surface area contributed by atoms with E-state index in [1.165, 1.54) is 49.7 Å². The van der Waals surface area contributed by atoms with Crippen LogP contribution in [-0.2, 0) is 12.8 Å². The monoisotopic (exact) mass is 261 g/mol. The Morgan fingerprint density at radius 2 is 2.00 bits per heavy atom. The van der Waals surface area contributed by atoms with E-state index in [0.29, 0.717) is 19.2 Å². The van der Waals surface area contributed by atoms with E-state index in [9.17, 15) is 5.11 Å². The minimum Gasteiger partial charge on any atom is -0.491 e. The SMILES string of the molecule is OC(CNC1CC1)COc1ccc2c(c1)CCCC2. The van der Waals surface area contributed by atoms with Crippen LogP contribution in [0.3, 0.4) is 0 Å². The summed E-state index contributed by atoms with van der Waals surface area (Å²) in [7, 11) is 0. The van der Waals surface area contributed by atoms with Crippen molar-refractivity contribution in [2.75, 3.05) is 13.2 Å². The van der Waals surface area contributed by atoms with Gasteiger partial charge in [0.2, 0.25) is 0 Å². The third-order valence-electron chi connectivity index (χ3n) is 3.98. The number of ether oxygens (including phenoxy) is 1. The molecule has 3 nitrogen and oxygen atoms in total. The minimum absolute atomic E-state index is 0.374. The van der Waals surface area contributed by atoms with Gasteiger partial charge in [0.15, 0.2) is 0 Å². The maximum Gasteiger partial charge on any atom is 0.119 e. The number of benzene rings is 1. The largest absolute Gasteiger partial charge is 0.491 e. The number of aliphatic hydroxyl groups is 1. The number of aryl methyl sites for hydroxylation is 2. The van der Waals surface area contributed by atoms with Gasteiger partial charge in [-0.2, -0.15) is 0 Å². The quantitative estimate of drug-likeness (QED) is 0.823. The minimum atomic E-state index is -0.420. The van der Waals surface area contributed by atoms with Crippen LogP contribution in [0.1, 0.15) is 36.8 Å². The molecule has 0 bridgehead atoms. The second-order valence-corrected chi connectivity index (χ2v) is 5.78. The molecule has 104 valence electrons. The molecule has 19 heavy (non-hydrogen) atoms. The Hall–Kier alpha value is -1.06. The molecule has 1 fully saturated rings. The lowest BCUT2D eigenvalue weighted by atomic mass is 9.92. The zero-order valence-corrected chi connectivity index (χ0v) is 11.4. The van der Waals surface area contributed by atoms with Crippen LogP contribution in [0.5, 0.6) is 5.75 Å². The molecular formula is C16H23NO2. The molecule has 0 amide bonds. The Morgan fingerprint density at radius 1 is 1.21 bits per heavy atom. The average Bonchev–Trinajstić information content (AvgIpc) is 3.27. The van der Waals surface area contributed by atoms with E-state index in [2.05, 4.69) is 17.4 Å². The van der Waals surface area contributed by atoms with Crippen molar-refractivity contribution in [1.82, 2.24) is 5.32 Å². The predicted octanol–water partition coefficient (Wildman–Crippen LogP) is 2.06. The van der Waals surface area contributed by atoms with Crippen LogP contribution < -0.4 is 10.1 Å². The van der Waals surface area contributed by atoms with Crippen molar-refractivity contribution in [2.45, 2.75) is 50.7 Å². The van der Waals surface area contributed by atoms with Crippen molar-refractivity contribution < 1.29 is 9.84 Å². The van der Waals surface area contributed by atoms with E-state index in [1.807, 2.05) is 6.07 Å². The molecule has 2 N–H and O–H groups in total. The second kappa shape index (κ2) is 5.93. The van der Waals surface area contributed by atoms with Crippen molar-refractivity contribution >= 4 is 0 Å². The first-order chi connectivity index (χ1) is 9.31. The van der Waals surface area contributed by atoms with Gasteiger partial charge in [0, 0.05) is 12.6 Å². The summed E-state index contributed by atoms with van der Waals surface area (Å²) in [6, 6.07) is 7.00. The van der Waals surface area contributed by atoms with E-state index >= 15 is 0 Å². The zero-order chi connectivity index (χ0) is 13.1. The Morgan fingerprint density at radius 3 is 2.79 bits per heavy atom. The van der Waals surface area contributed by atoms with E-state index in [4.69, 9.17) is 4.74 Å². The fourth-order valence-corrected chi connectivity index (χ4v) is 2.64. The van der Waals surface area contributed by atoms with Crippen molar-refractivity contribution in [2.24, 2.45) is 0 Å². The highest BCUT2D eigenvalue weighted by molar-refractivity contribution is 5.37. The molecule has 3 rings (SSSR count). The van der Waals surface area contributed by atoms with Crippen molar-refractivity contribution in [3.63, 3.8) is 0 Å². The predicted molar refractivity (Wildman–Crippen MR) is 75.6 cm³/mol. The van der Waals surface area contributed by atoms with Crippen LogP contribution in [0.2, 0.25) is 0 Å². The molecule has 0 radical (unpaired) electrons. The maximum atomic E-state index is 9.84. The number of aliphatic hydroxyl groups excluding tert-OH is 1. The molecule has 2 aliphatic rings. The fraction of sp³-hybridized carbons (Fsp3) is 0.625. The number of fused-ring (bicyclic) bond motifs is 1. The van der Waals surface area contributed by atoms with Gasteiger partial charge in [-0.3, -0.25) is 0 Å². The fourth-order valence-electron chi connectivity index (χ4n) is 2.64. The Balaban J connectivity index is 1.48. The summed E-state index contributed by atoms with van der Waals surface area (Å²) >= 11 is 0. The van der Waals surface area contributed by atoms with Gasteiger partial charge in [0.05, 0.1) is 0 Å². The molecule has 0 saturated heterocycles. The van der Waals surface area contributed by atoms with Gasteiger partial charge in [0.1, 0.15) is 18.5 Å². The average molecular weight is 261 g/mol. The summed E-state index contributed by atoms with van der Waals surface area (Å²) in [5.74, 6) is 0.895. The molecule has 3 heteroatoms. The van der Waals surface area contributed by atoms with Gasteiger partial charge in [-0.15, -0.1) is 0 Å². The Labute approximate surface area is 115 Å². The van der Waals surface area contributed by atoms with Crippen LogP contribution in [0.25, 0.3) is 0 Å². The van der Waals surface area contributed by atoms with Gasteiger partial charge >= 0.3 is 0 Å². The summed E-state index contributed by atoms with van der Waals surface area (Å²) in [5, 5.41) is 13.2. The summed E-state index contributed by atoms with van der Waals surface area (Å²) in [4.78, 5) is 0. The maximum absolute atomic E-state index is 9.84. The first kappa shape index (κ1) is 12.9. The smallest absolute Gasteiger partial charge is 0.119 e. The van der Waals surface area contributed by atoms with Gasteiger partial charge in [-0.25, -0.2) is 0 Å². The number of rotatable bonds is 6. The molecule has 1 saturated carbocycles. The molecular weight excluding hydrogens is 238 g/mol. The molecule has 1 aromatic carbocycles. The van der Waals surface area contributed by atoms with Crippen LogP contribution in [0.15, 0.2) is 18.2 Å². The van der Waals surface area contributed by atoms with Gasteiger partial charge in [-0.1, -0.05) is 6.07 Å². The lowest BCUT2D eigenvalue weighted by molar-refractivity contribution is 0.106. The highest BCUT2D eigenvalue weighted by Gasteiger charge is 2.21. The highest BCUT2D eigenvalue weighted by Crippen LogP contribution is 2.25. The Bertz CT molecular complexity index is 429. The molecule has 0 heterocycles. The number of hydrogen-bond donors (Lipinski definition) is 2. The standard InChI is InChI=1S/C16H23NO2/c18-15(10-17-14-6-7-14)11-19-16-8-5-12-3-1-2-4-13(12)9-16/h5,8-9,14-15,17-18H,1-4,6-7,10-11H2. The van der Waals surface area contributed by atoms with Gasteiger partial charge < -0.3 is 15.2 Å². The molecule has 1 aromatic rings. The lowest BCUT2D eigenvalue weighted by Crippen LogP contribution is -2.32. The van der Waals surface area contributed by atoms with Crippen LogP contribution in [0.4, 0.5) is 0 Å². The summed E-state index contributed by atoms with van der Waals surface area (Å²) in [6.45, 7) is 1.01. The molecule has 2 aliphatic carbocycles. The summed E-state index contributed by atoms with van der Waals surface area (Å²) in [5.41, 5.74) is 2.89.